The largest absolute Gasteiger partial charge is 0.477 e. The molecule has 1 heterocycles. The van der Waals surface area contributed by atoms with Crippen LogP contribution in [0.3, 0.4) is 0 Å². The van der Waals surface area contributed by atoms with E-state index >= 15 is 0 Å². The molecule has 1 amide bonds. The maximum atomic E-state index is 12.0. The molecule has 6 heteroatoms. The topological polar surface area (TPSA) is 69.6 Å². The molecule has 0 bridgehead atoms. The summed E-state index contributed by atoms with van der Waals surface area (Å²) in [4.78, 5) is 25.5. The molecule has 104 valence electrons. The van der Waals surface area contributed by atoms with Gasteiger partial charge in [0.2, 0.25) is 0 Å². The van der Waals surface area contributed by atoms with Gasteiger partial charge in [0.25, 0.3) is 5.91 Å². The first-order chi connectivity index (χ1) is 8.94. The minimum absolute atomic E-state index is 0.0720. The van der Waals surface area contributed by atoms with Gasteiger partial charge in [0.1, 0.15) is 4.88 Å². The van der Waals surface area contributed by atoms with Gasteiger partial charge in [-0.15, -0.1) is 11.3 Å². The van der Waals surface area contributed by atoms with E-state index in [1.165, 1.54) is 12.5 Å². The van der Waals surface area contributed by atoms with Gasteiger partial charge in [-0.1, -0.05) is 0 Å². The number of nitrogens with zero attached hydrogens (tertiary/aromatic N) is 1. The molecule has 0 saturated heterocycles. The van der Waals surface area contributed by atoms with Crippen molar-refractivity contribution < 1.29 is 14.7 Å². The van der Waals surface area contributed by atoms with Gasteiger partial charge >= 0.3 is 5.97 Å². The fourth-order valence-corrected chi connectivity index (χ4v) is 3.04. The van der Waals surface area contributed by atoms with Crippen molar-refractivity contribution in [1.82, 2.24) is 10.2 Å². The summed E-state index contributed by atoms with van der Waals surface area (Å²) in [5, 5.41) is 11.7. The van der Waals surface area contributed by atoms with E-state index in [0.29, 0.717) is 11.4 Å². The van der Waals surface area contributed by atoms with Crippen LogP contribution in [0.2, 0.25) is 0 Å². The number of amides is 1. The fraction of sp³-hybridized carbons (Fsp3) is 0.538. The van der Waals surface area contributed by atoms with Gasteiger partial charge in [0.15, 0.2) is 0 Å². The average molecular weight is 282 g/mol. The third kappa shape index (κ3) is 2.79. The zero-order chi connectivity index (χ0) is 14.0. The molecule has 1 fully saturated rings. The molecule has 5 nitrogen and oxygen atoms in total. The quantitative estimate of drug-likeness (QED) is 0.861. The number of rotatable bonds is 5. The molecule has 2 rings (SSSR count). The molecule has 0 atom stereocenters. The molecular formula is C13H18N2O3S. The summed E-state index contributed by atoms with van der Waals surface area (Å²) < 4.78 is 0. The standard InChI is InChI=1S/C13H18N2O3S/c1-15(2)13(6-3-7-13)8-14-11(16)9-4-5-10(19-9)12(17)18/h4-5H,3,6-8H2,1-2H3,(H,14,16)(H,17,18). The Bertz CT molecular complexity index is 492. The lowest BCUT2D eigenvalue weighted by Gasteiger charge is -2.47. The van der Waals surface area contributed by atoms with Crippen LogP contribution in [-0.4, -0.2) is 48.1 Å². The van der Waals surface area contributed by atoms with Gasteiger partial charge in [-0.3, -0.25) is 4.79 Å². The summed E-state index contributed by atoms with van der Waals surface area (Å²) in [6, 6.07) is 3.03. The molecule has 0 spiro atoms. The summed E-state index contributed by atoms with van der Waals surface area (Å²) in [5.74, 6) is -1.18. The highest BCUT2D eigenvalue weighted by atomic mass is 32.1. The molecule has 0 unspecified atom stereocenters. The van der Waals surface area contributed by atoms with E-state index in [1.807, 2.05) is 14.1 Å². The van der Waals surface area contributed by atoms with Crippen molar-refractivity contribution in [3.05, 3.63) is 21.9 Å². The van der Waals surface area contributed by atoms with Crippen LogP contribution >= 0.6 is 11.3 Å². The Labute approximate surface area is 116 Å². The fourth-order valence-electron chi connectivity index (χ4n) is 2.27. The lowest BCUT2D eigenvalue weighted by molar-refractivity contribution is 0.0559. The zero-order valence-corrected chi connectivity index (χ0v) is 11.9. The number of carbonyl (C=O) groups is 2. The highest BCUT2D eigenvalue weighted by Gasteiger charge is 2.39. The predicted molar refractivity (Wildman–Crippen MR) is 73.9 cm³/mol. The minimum Gasteiger partial charge on any atom is -0.477 e. The van der Waals surface area contributed by atoms with Crippen molar-refractivity contribution in [2.45, 2.75) is 24.8 Å². The van der Waals surface area contributed by atoms with Gasteiger partial charge < -0.3 is 15.3 Å². The molecule has 1 aromatic heterocycles. The van der Waals surface area contributed by atoms with Crippen molar-refractivity contribution in [1.29, 1.82) is 0 Å². The number of likely N-dealkylation sites (N-methyl/N-ethyl adjacent to an activating group) is 1. The molecule has 1 aromatic rings. The Balaban J connectivity index is 1.95. The molecule has 1 aliphatic carbocycles. The predicted octanol–water partition coefficient (Wildman–Crippen LogP) is 1.66. The summed E-state index contributed by atoms with van der Waals surface area (Å²) >= 11 is 1.01. The molecule has 0 aliphatic heterocycles. The van der Waals surface area contributed by atoms with Crippen LogP contribution in [0.25, 0.3) is 0 Å². The molecule has 19 heavy (non-hydrogen) atoms. The van der Waals surface area contributed by atoms with Crippen LogP contribution in [0, 0.1) is 0 Å². The molecule has 0 radical (unpaired) electrons. The van der Waals surface area contributed by atoms with E-state index in [2.05, 4.69) is 10.2 Å². The Kier molecular flexibility index (Phi) is 3.91. The monoisotopic (exact) mass is 282 g/mol. The first-order valence-corrected chi connectivity index (χ1v) is 7.05. The highest BCUT2D eigenvalue weighted by molar-refractivity contribution is 7.15. The second-order valence-corrected chi connectivity index (χ2v) is 6.21. The highest BCUT2D eigenvalue weighted by Crippen LogP contribution is 2.35. The summed E-state index contributed by atoms with van der Waals surface area (Å²) in [5.41, 5.74) is 0.0720. The van der Waals surface area contributed by atoms with E-state index in [9.17, 15) is 9.59 Å². The number of carbonyl (C=O) groups excluding carboxylic acids is 1. The molecule has 0 aromatic carbocycles. The van der Waals surface area contributed by atoms with Crippen LogP contribution < -0.4 is 5.32 Å². The number of carboxylic acids is 1. The first-order valence-electron chi connectivity index (χ1n) is 6.23. The van der Waals surface area contributed by atoms with Crippen LogP contribution in [0.1, 0.15) is 38.6 Å². The Hall–Kier alpha value is -1.40. The van der Waals surface area contributed by atoms with Crippen LogP contribution in [-0.2, 0) is 0 Å². The normalized spacial score (nSPS) is 17.0. The van der Waals surface area contributed by atoms with Gasteiger partial charge in [-0.25, -0.2) is 4.79 Å². The molecule has 1 saturated carbocycles. The van der Waals surface area contributed by atoms with E-state index in [4.69, 9.17) is 5.11 Å². The summed E-state index contributed by atoms with van der Waals surface area (Å²) in [6.07, 6.45) is 3.37. The Morgan fingerprint density at radius 2 is 2.00 bits per heavy atom. The smallest absolute Gasteiger partial charge is 0.345 e. The second kappa shape index (κ2) is 5.30. The first kappa shape index (κ1) is 14.0. The SMILES string of the molecule is CN(C)C1(CNC(=O)c2ccc(C(=O)O)s2)CCC1. The van der Waals surface area contributed by atoms with Crippen LogP contribution in [0.4, 0.5) is 0 Å². The van der Waals surface area contributed by atoms with Gasteiger partial charge in [-0.2, -0.15) is 0 Å². The average Bonchev–Trinajstić information content (AvgIpc) is 2.75. The van der Waals surface area contributed by atoms with Gasteiger partial charge in [-0.05, 0) is 45.5 Å². The summed E-state index contributed by atoms with van der Waals surface area (Å²) in [7, 11) is 4.05. The maximum Gasteiger partial charge on any atom is 0.345 e. The molecular weight excluding hydrogens is 264 g/mol. The van der Waals surface area contributed by atoms with E-state index < -0.39 is 5.97 Å². The van der Waals surface area contributed by atoms with Crippen LogP contribution in [0.5, 0.6) is 0 Å². The molecule has 2 N–H and O–H groups in total. The summed E-state index contributed by atoms with van der Waals surface area (Å²) in [6.45, 7) is 0.610. The van der Waals surface area contributed by atoms with Crippen molar-refractivity contribution in [2.75, 3.05) is 20.6 Å². The number of thiophene rings is 1. The van der Waals surface area contributed by atoms with Gasteiger partial charge in [0, 0.05) is 12.1 Å². The maximum absolute atomic E-state index is 12.0. The lowest BCUT2D eigenvalue weighted by Crippen LogP contribution is -2.57. The third-order valence-electron chi connectivity index (χ3n) is 3.85. The van der Waals surface area contributed by atoms with Crippen molar-refractivity contribution in [3.63, 3.8) is 0 Å². The third-order valence-corrected chi connectivity index (χ3v) is 4.92. The van der Waals surface area contributed by atoms with Crippen molar-refractivity contribution >= 4 is 23.2 Å². The van der Waals surface area contributed by atoms with E-state index in [1.54, 1.807) is 6.07 Å². The Morgan fingerprint density at radius 3 is 2.42 bits per heavy atom. The lowest BCUT2D eigenvalue weighted by atomic mass is 9.75. The van der Waals surface area contributed by atoms with Crippen molar-refractivity contribution in [2.24, 2.45) is 0 Å². The Morgan fingerprint density at radius 1 is 1.37 bits per heavy atom. The van der Waals surface area contributed by atoms with Gasteiger partial charge in [0.05, 0.1) is 4.88 Å². The second-order valence-electron chi connectivity index (χ2n) is 5.12. The zero-order valence-electron chi connectivity index (χ0n) is 11.1. The van der Waals surface area contributed by atoms with Crippen LogP contribution in [0.15, 0.2) is 12.1 Å². The van der Waals surface area contributed by atoms with Crippen molar-refractivity contribution in [3.8, 4) is 0 Å². The molecule has 1 aliphatic rings. The number of aromatic carboxylic acids is 1. The number of hydrogen-bond acceptors (Lipinski definition) is 4. The minimum atomic E-state index is -0.993. The van der Waals surface area contributed by atoms with E-state index in [-0.39, 0.29) is 16.3 Å². The number of nitrogens with one attached hydrogen (secondary N) is 1. The number of carboxylic acid groups (broad SMARTS) is 1. The van der Waals surface area contributed by atoms with E-state index in [0.717, 1.165) is 24.2 Å². The number of hydrogen-bond donors (Lipinski definition) is 2.